The van der Waals surface area contributed by atoms with E-state index >= 15 is 0 Å². The first-order valence-electron chi connectivity index (χ1n) is 7.90. The van der Waals surface area contributed by atoms with Crippen molar-refractivity contribution >= 4 is 24.1 Å². The molecular weight excluding hydrogens is 346 g/mol. The molecule has 0 atom stereocenters. The number of carbonyl (C=O) groups excluding carboxylic acids is 2. The van der Waals surface area contributed by atoms with E-state index in [4.69, 9.17) is 14.7 Å². The van der Waals surface area contributed by atoms with Crippen LogP contribution in [0.2, 0.25) is 0 Å². The van der Waals surface area contributed by atoms with Crippen LogP contribution < -0.4 is 9.47 Å². The number of hydrogen-bond acceptors (Lipinski definition) is 6. The predicted octanol–water partition coefficient (Wildman–Crippen LogP) is 3.39. The molecule has 2 aromatic rings. The van der Waals surface area contributed by atoms with Crippen LogP contribution in [0, 0.1) is 11.3 Å². The van der Waals surface area contributed by atoms with Crippen molar-refractivity contribution in [2.75, 3.05) is 14.2 Å². The Balaban J connectivity index is 2.07. The quantitative estimate of drug-likeness (QED) is 0.338. The summed E-state index contributed by atoms with van der Waals surface area (Å²) in [4.78, 5) is 23.4. The summed E-state index contributed by atoms with van der Waals surface area (Å²) in [5.74, 6) is -0.277. The maximum atomic E-state index is 12.0. The summed E-state index contributed by atoms with van der Waals surface area (Å²) in [7, 11) is 2.77. The van der Waals surface area contributed by atoms with E-state index in [9.17, 15) is 9.59 Å². The molecule has 6 heteroatoms. The fraction of sp³-hybridized carbons (Fsp3) is 0.0952. The Morgan fingerprint density at radius 1 is 1.00 bits per heavy atom. The van der Waals surface area contributed by atoms with Gasteiger partial charge in [-0.2, -0.15) is 5.26 Å². The Morgan fingerprint density at radius 2 is 1.74 bits per heavy atom. The monoisotopic (exact) mass is 363 g/mol. The largest absolute Gasteiger partial charge is 0.497 e. The van der Waals surface area contributed by atoms with E-state index in [1.807, 2.05) is 12.1 Å². The van der Waals surface area contributed by atoms with Crippen LogP contribution >= 0.6 is 0 Å². The van der Waals surface area contributed by atoms with Gasteiger partial charge in [0.15, 0.2) is 0 Å². The lowest BCUT2D eigenvalue weighted by atomic mass is 10.1. The Labute approximate surface area is 156 Å². The van der Waals surface area contributed by atoms with Gasteiger partial charge in [0.05, 0.1) is 14.2 Å². The van der Waals surface area contributed by atoms with Crippen LogP contribution in [-0.2, 0) is 14.3 Å². The Hall–Kier alpha value is -3.85. The zero-order valence-corrected chi connectivity index (χ0v) is 14.8. The van der Waals surface area contributed by atoms with Crippen LogP contribution in [0.1, 0.15) is 11.1 Å². The zero-order valence-electron chi connectivity index (χ0n) is 14.8. The third-order valence-electron chi connectivity index (χ3n) is 3.44. The Bertz CT molecular complexity index is 920. The molecule has 2 aromatic carbocycles. The lowest BCUT2D eigenvalue weighted by Gasteiger charge is -2.03. The fourth-order valence-electron chi connectivity index (χ4n) is 2.11. The fourth-order valence-corrected chi connectivity index (χ4v) is 2.11. The molecule has 0 aliphatic rings. The molecule has 0 fully saturated rings. The van der Waals surface area contributed by atoms with Gasteiger partial charge in [-0.15, -0.1) is 0 Å². The molecule has 0 saturated carbocycles. The lowest BCUT2D eigenvalue weighted by molar-refractivity contribution is -0.135. The first-order chi connectivity index (χ1) is 13.0. The van der Waals surface area contributed by atoms with Crippen molar-refractivity contribution < 1.29 is 23.8 Å². The molecule has 0 N–H and O–H groups in total. The van der Waals surface area contributed by atoms with E-state index in [0.717, 1.165) is 11.3 Å². The van der Waals surface area contributed by atoms with Crippen LogP contribution in [0.4, 0.5) is 0 Å². The summed E-state index contributed by atoms with van der Waals surface area (Å²) in [5, 5.41) is 8.99. The van der Waals surface area contributed by atoms with Gasteiger partial charge in [-0.05, 0) is 47.5 Å². The second-order valence-corrected chi connectivity index (χ2v) is 5.26. The number of rotatable bonds is 6. The molecule has 0 bridgehead atoms. The normalized spacial score (nSPS) is 10.9. The highest BCUT2D eigenvalue weighted by Gasteiger charge is 2.09. The molecule has 27 heavy (non-hydrogen) atoms. The van der Waals surface area contributed by atoms with E-state index in [2.05, 4.69) is 4.74 Å². The molecule has 0 radical (unpaired) electrons. The highest BCUT2D eigenvalue weighted by molar-refractivity contribution is 5.97. The first kappa shape index (κ1) is 19.5. The molecule has 0 heterocycles. The molecule has 0 aromatic heterocycles. The average molecular weight is 363 g/mol. The van der Waals surface area contributed by atoms with Crippen molar-refractivity contribution in [3.8, 4) is 17.6 Å². The van der Waals surface area contributed by atoms with Crippen molar-refractivity contribution in [2.24, 2.45) is 0 Å². The molecule has 0 saturated heterocycles. The number of esters is 2. The molecule has 2 rings (SSSR count). The van der Waals surface area contributed by atoms with Crippen LogP contribution in [0.3, 0.4) is 0 Å². The van der Waals surface area contributed by atoms with E-state index < -0.39 is 11.9 Å². The zero-order chi connectivity index (χ0) is 19.6. The summed E-state index contributed by atoms with van der Waals surface area (Å²) in [6, 6.07) is 15.4. The summed E-state index contributed by atoms with van der Waals surface area (Å²) < 4.78 is 14.8. The topological polar surface area (TPSA) is 85.6 Å². The number of benzene rings is 2. The SMILES string of the molecule is COC(=O)/C(C#N)=C/c1cccc(OC(=O)/C=C/c2ccc(OC)cc2)c1. The van der Waals surface area contributed by atoms with E-state index in [1.54, 1.807) is 55.7 Å². The summed E-state index contributed by atoms with van der Waals surface area (Å²) in [6.07, 6.45) is 4.28. The maximum Gasteiger partial charge on any atom is 0.348 e. The summed E-state index contributed by atoms with van der Waals surface area (Å²) in [5.41, 5.74) is 1.20. The van der Waals surface area contributed by atoms with Gasteiger partial charge in [-0.1, -0.05) is 24.3 Å². The van der Waals surface area contributed by atoms with Gasteiger partial charge < -0.3 is 14.2 Å². The molecule has 136 valence electrons. The number of hydrogen-bond donors (Lipinski definition) is 0. The lowest BCUT2D eigenvalue weighted by Crippen LogP contribution is -2.04. The van der Waals surface area contributed by atoms with Gasteiger partial charge in [0, 0.05) is 6.08 Å². The predicted molar refractivity (Wildman–Crippen MR) is 99.7 cm³/mol. The Kier molecular flexibility index (Phi) is 6.91. The van der Waals surface area contributed by atoms with Crippen LogP contribution in [0.15, 0.2) is 60.2 Å². The van der Waals surface area contributed by atoms with Gasteiger partial charge in [-0.25, -0.2) is 9.59 Å². The highest BCUT2D eigenvalue weighted by atomic mass is 16.5. The molecule has 0 spiro atoms. The third-order valence-corrected chi connectivity index (χ3v) is 3.44. The third kappa shape index (κ3) is 5.87. The second kappa shape index (κ2) is 9.59. The average Bonchev–Trinajstić information content (AvgIpc) is 2.70. The number of ether oxygens (including phenoxy) is 3. The standard InChI is InChI=1S/C21H17NO5/c1-25-18-9-6-15(7-10-18)8-11-20(23)27-19-5-3-4-16(13-19)12-17(14-22)21(24)26-2/h3-13H,1-2H3/b11-8+,17-12+. The van der Waals surface area contributed by atoms with Gasteiger partial charge in [0.25, 0.3) is 0 Å². The van der Waals surface area contributed by atoms with Crippen molar-refractivity contribution in [1.29, 1.82) is 5.26 Å². The summed E-state index contributed by atoms with van der Waals surface area (Å²) in [6.45, 7) is 0. The summed E-state index contributed by atoms with van der Waals surface area (Å²) >= 11 is 0. The van der Waals surface area contributed by atoms with E-state index in [0.29, 0.717) is 5.56 Å². The van der Waals surface area contributed by atoms with E-state index in [-0.39, 0.29) is 11.3 Å². The first-order valence-corrected chi connectivity index (χ1v) is 7.90. The molecular formula is C21H17NO5. The van der Waals surface area contributed by atoms with Gasteiger partial charge in [0.1, 0.15) is 23.1 Å². The number of methoxy groups -OCH3 is 2. The molecule has 0 unspecified atom stereocenters. The number of carbonyl (C=O) groups is 2. The smallest absolute Gasteiger partial charge is 0.348 e. The minimum absolute atomic E-state index is 0.152. The van der Waals surface area contributed by atoms with Crippen molar-refractivity contribution in [1.82, 2.24) is 0 Å². The maximum absolute atomic E-state index is 12.0. The van der Waals surface area contributed by atoms with Gasteiger partial charge in [-0.3, -0.25) is 0 Å². The molecule has 0 amide bonds. The van der Waals surface area contributed by atoms with Crippen molar-refractivity contribution in [3.63, 3.8) is 0 Å². The van der Waals surface area contributed by atoms with Crippen LogP contribution in [0.5, 0.6) is 11.5 Å². The number of nitrogens with zero attached hydrogens (tertiary/aromatic N) is 1. The van der Waals surface area contributed by atoms with Crippen LogP contribution in [-0.4, -0.2) is 26.2 Å². The highest BCUT2D eigenvalue weighted by Crippen LogP contribution is 2.17. The van der Waals surface area contributed by atoms with E-state index in [1.165, 1.54) is 19.3 Å². The minimum Gasteiger partial charge on any atom is -0.497 e. The second-order valence-electron chi connectivity index (χ2n) is 5.26. The molecule has 0 aliphatic carbocycles. The van der Waals surface area contributed by atoms with Crippen molar-refractivity contribution in [3.05, 3.63) is 71.3 Å². The van der Waals surface area contributed by atoms with Gasteiger partial charge in [0.2, 0.25) is 0 Å². The minimum atomic E-state index is -0.734. The molecule has 0 aliphatic heterocycles. The Morgan fingerprint density at radius 3 is 2.37 bits per heavy atom. The molecule has 6 nitrogen and oxygen atoms in total. The number of nitriles is 1. The van der Waals surface area contributed by atoms with Crippen LogP contribution in [0.25, 0.3) is 12.2 Å². The van der Waals surface area contributed by atoms with Gasteiger partial charge >= 0.3 is 11.9 Å². The van der Waals surface area contributed by atoms with Crippen molar-refractivity contribution in [2.45, 2.75) is 0 Å².